The summed E-state index contributed by atoms with van der Waals surface area (Å²) in [6.07, 6.45) is 3.99. The van der Waals surface area contributed by atoms with Crippen LogP contribution in [0.2, 0.25) is 0 Å². The second-order valence-corrected chi connectivity index (χ2v) is 10.6. The molecule has 2 aliphatic rings. The first-order valence-electron chi connectivity index (χ1n) is 9.90. The van der Waals surface area contributed by atoms with Crippen molar-refractivity contribution in [3.05, 3.63) is 30.3 Å². The van der Waals surface area contributed by atoms with Crippen molar-refractivity contribution in [3.63, 3.8) is 0 Å². The first kappa shape index (κ1) is 20.2. The molecule has 0 unspecified atom stereocenters. The Kier molecular flexibility index (Phi) is 6.09. The number of hydrogen-bond acceptors (Lipinski definition) is 7. The van der Waals surface area contributed by atoms with Gasteiger partial charge in [-0.15, -0.1) is 10.2 Å². The van der Waals surface area contributed by atoms with Gasteiger partial charge in [0, 0.05) is 19.1 Å². The maximum atomic E-state index is 12.3. The van der Waals surface area contributed by atoms with E-state index in [0.717, 1.165) is 37.6 Å². The summed E-state index contributed by atoms with van der Waals surface area (Å²) >= 11 is 1.32. The van der Waals surface area contributed by atoms with Crippen molar-refractivity contribution >= 4 is 33.5 Å². The summed E-state index contributed by atoms with van der Waals surface area (Å²) in [4.78, 5) is 14.6. The largest absolute Gasteiger partial charge is 0.352 e. The number of sulfone groups is 1. The summed E-state index contributed by atoms with van der Waals surface area (Å²) in [6, 6.07) is 9.62. The highest BCUT2D eigenvalue weighted by molar-refractivity contribution is 7.99. The van der Waals surface area contributed by atoms with E-state index in [2.05, 4.69) is 20.4 Å². The molecular weight excluding hydrogens is 410 g/mol. The number of hydrogen-bond donors (Lipinski definition) is 1. The first-order valence-corrected chi connectivity index (χ1v) is 12.7. The Morgan fingerprint density at radius 2 is 1.90 bits per heavy atom. The summed E-state index contributed by atoms with van der Waals surface area (Å²) in [5, 5.41) is 12.3. The molecule has 2 aliphatic heterocycles. The van der Waals surface area contributed by atoms with Crippen molar-refractivity contribution in [3.8, 4) is 5.69 Å². The molecule has 2 fully saturated rings. The van der Waals surface area contributed by atoms with Crippen LogP contribution in [0.3, 0.4) is 0 Å². The zero-order chi connectivity index (χ0) is 20.3. The number of para-hydroxylation sites is 1. The average Bonchev–Trinajstić information content (AvgIpc) is 3.30. The molecule has 1 aromatic carbocycles. The highest BCUT2D eigenvalue weighted by Crippen LogP contribution is 2.28. The number of amides is 1. The number of benzene rings is 1. The summed E-state index contributed by atoms with van der Waals surface area (Å²) in [7, 11) is -3.01. The molecule has 4 rings (SSSR count). The number of carbonyl (C=O) groups is 1. The van der Waals surface area contributed by atoms with Crippen LogP contribution in [0, 0.1) is 0 Å². The van der Waals surface area contributed by atoms with E-state index in [4.69, 9.17) is 0 Å². The van der Waals surface area contributed by atoms with E-state index in [0.29, 0.717) is 11.6 Å². The van der Waals surface area contributed by atoms with Gasteiger partial charge >= 0.3 is 0 Å². The normalized spacial score (nSPS) is 21.2. The van der Waals surface area contributed by atoms with Crippen LogP contribution in [0.5, 0.6) is 0 Å². The summed E-state index contributed by atoms with van der Waals surface area (Å²) in [5.74, 6) is 0.969. The Bertz CT molecular complexity index is 955. The quantitative estimate of drug-likeness (QED) is 0.689. The van der Waals surface area contributed by atoms with Gasteiger partial charge < -0.3 is 10.2 Å². The van der Waals surface area contributed by atoms with Gasteiger partial charge in [-0.05, 0) is 37.8 Å². The van der Waals surface area contributed by atoms with Crippen molar-refractivity contribution in [2.24, 2.45) is 0 Å². The molecule has 3 heterocycles. The van der Waals surface area contributed by atoms with E-state index in [1.807, 2.05) is 34.9 Å². The number of rotatable bonds is 6. The molecule has 156 valence electrons. The third-order valence-corrected chi connectivity index (χ3v) is 7.90. The fourth-order valence-corrected chi connectivity index (χ4v) is 6.20. The Balaban J connectivity index is 1.48. The fraction of sp³-hybridized carbons (Fsp3) is 0.526. The molecule has 29 heavy (non-hydrogen) atoms. The zero-order valence-corrected chi connectivity index (χ0v) is 17.8. The van der Waals surface area contributed by atoms with Crippen molar-refractivity contribution in [2.45, 2.75) is 36.9 Å². The average molecular weight is 436 g/mol. The zero-order valence-electron chi connectivity index (χ0n) is 16.2. The molecule has 2 saturated heterocycles. The third kappa shape index (κ3) is 4.92. The Morgan fingerprint density at radius 1 is 1.14 bits per heavy atom. The molecule has 2 aromatic rings. The van der Waals surface area contributed by atoms with Crippen LogP contribution < -0.4 is 10.2 Å². The number of carbonyl (C=O) groups excluding carboxylic acids is 1. The van der Waals surface area contributed by atoms with E-state index < -0.39 is 9.84 Å². The van der Waals surface area contributed by atoms with E-state index in [1.165, 1.54) is 18.2 Å². The summed E-state index contributed by atoms with van der Waals surface area (Å²) in [5.41, 5.74) is 0.961. The number of nitrogens with zero attached hydrogens (tertiary/aromatic N) is 4. The topological polar surface area (TPSA) is 97.2 Å². The Labute approximate surface area is 175 Å². The highest BCUT2D eigenvalue weighted by atomic mass is 32.2. The standard InChI is InChI=1S/C19H25N5O3S2/c25-17(20-15-9-12-29(26,27)14-15)13-28-19-22-21-18(23-10-5-2-6-11-23)24(19)16-7-3-1-4-8-16/h1,3-4,7-8,15H,2,5-6,9-14H2,(H,20,25)/t15-/m1/s1. The van der Waals surface area contributed by atoms with E-state index >= 15 is 0 Å². The summed E-state index contributed by atoms with van der Waals surface area (Å²) in [6.45, 7) is 1.90. The molecule has 0 aliphatic carbocycles. The lowest BCUT2D eigenvalue weighted by Gasteiger charge is -2.27. The lowest BCUT2D eigenvalue weighted by atomic mass is 10.1. The maximum absolute atomic E-state index is 12.3. The number of aromatic nitrogens is 3. The molecule has 8 nitrogen and oxygen atoms in total. The van der Waals surface area contributed by atoms with E-state index in [1.54, 1.807) is 0 Å². The van der Waals surface area contributed by atoms with Crippen LogP contribution in [0.25, 0.3) is 5.69 Å². The van der Waals surface area contributed by atoms with E-state index in [9.17, 15) is 13.2 Å². The van der Waals surface area contributed by atoms with Gasteiger partial charge in [0.15, 0.2) is 15.0 Å². The lowest BCUT2D eigenvalue weighted by molar-refractivity contribution is -0.119. The first-order chi connectivity index (χ1) is 14.0. The SMILES string of the molecule is O=C(CSc1nnc(N2CCCCC2)n1-c1ccccc1)N[C@@H]1CCS(=O)(=O)C1. The second kappa shape index (κ2) is 8.74. The third-order valence-electron chi connectivity index (χ3n) is 5.20. The maximum Gasteiger partial charge on any atom is 0.232 e. The van der Waals surface area contributed by atoms with Gasteiger partial charge in [0.1, 0.15) is 0 Å². The molecule has 1 N–H and O–H groups in total. The second-order valence-electron chi connectivity index (χ2n) is 7.46. The monoisotopic (exact) mass is 435 g/mol. The summed E-state index contributed by atoms with van der Waals surface area (Å²) < 4.78 is 25.2. The van der Waals surface area contributed by atoms with Crippen LogP contribution in [0.15, 0.2) is 35.5 Å². The molecule has 0 spiro atoms. The number of piperidine rings is 1. The molecular formula is C19H25N5O3S2. The van der Waals surface area contributed by atoms with Crippen LogP contribution in [-0.2, 0) is 14.6 Å². The molecule has 0 bridgehead atoms. The van der Waals surface area contributed by atoms with Crippen molar-refractivity contribution < 1.29 is 13.2 Å². The van der Waals surface area contributed by atoms with Crippen molar-refractivity contribution in [1.29, 1.82) is 0 Å². The number of thioether (sulfide) groups is 1. The van der Waals surface area contributed by atoms with Crippen molar-refractivity contribution in [2.75, 3.05) is 35.2 Å². The van der Waals surface area contributed by atoms with Gasteiger partial charge in [0.05, 0.1) is 22.9 Å². The van der Waals surface area contributed by atoms with Gasteiger partial charge in [0.25, 0.3) is 0 Å². The van der Waals surface area contributed by atoms with Gasteiger partial charge in [-0.1, -0.05) is 30.0 Å². The van der Waals surface area contributed by atoms with Crippen LogP contribution in [-0.4, -0.2) is 65.5 Å². The highest BCUT2D eigenvalue weighted by Gasteiger charge is 2.29. The molecule has 0 saturated carbocycles. The molecule has 10 heteroatoms. The fourth-order valence-electron chi connectivity index (χ4n) is 3.77. The molecule has 1 amide bonds. The molecule has 1 aromatic heterocycles. The Morgan fingerprint density at radius 3 is 2.59 bits per heavy atom. The number of anilines is 1. The lowest BCUT2D eigenvalue weighted by Crippen LogP contribution is -2.36. The van der Waals surface area contributed by atoms with Crippen LogP contribution in [0.1, 0.15) is 25.7 Å². The van der Waals surface area contributed by atoms with E-state index in [-0.39, 0.29) is 29.2 Å². The minimum Gasteiger partial charge on any atom is -0.352 e. The number of nitrogens with one attached hydrogen (secondary N) is 1. The predicted octanol–water partition coefficient (Wildman–Crippen LogP) is 1.65. The molecule has 1 atom stereocenters. The molecule has 0 radical (unpaired) electrons. The van der Waals surface area contributed by atoms with Gasteiger partial charge in [-0.25, -0.2) is 8.42 Å². The van der Waals surface area contributed by atoms with Crippen molar-refractivity contribution in [1.82, 2.24) is 20.1 Å². The van der Waals surface area contributed by atoms with Crippen LogP contribution in [0.4, 0.5) is 5.95 Å². The van der Waals surface area contributed by atoms with Gasteiger partial charge in [-0.3, -0.25) is 9.36 Å². The minimum absolute atomic E-state index is 0.0305. The van der Waals surface area contributed by atoms with Gasteiger partial charge in [0.2, 0.25) is 11.9 Å². The van der Waals surface area contributed by atoms with Crippen LogP contribution >= 0.6 is 11.8 Å². The smallest absolute Gasteiger partial charge is 0.232 e. The minimum atomic E-state index is -3.01. The Hall–Kier alpha value is -2.07. The van der Waals surface area contributed by atoms with Gasteiger partial charge in [-0.2, -0.15) is 0 Å². The predicted molar refractivity (Wildman–Crippen MR) is 113 cm³/mol.